The Balaban J connectivity index is 1.57. The van der Waals surface area contributed by atoms with E-state index < -0.39 is 0 Å². The maximum absolute atomic E-state index is 13.2. The fraction of sp³-hybridized carbons (Fsp3) is 0.250. The van der Waals surface area contributed by atoms with Crippen LogP contribution in [0.4, 0.5) is 4.39 Å². The summed E-state index contributed by atoms with van der Waals surface area (Å²) in [5.41, 5.74) is 3.41. The normalized spacial score (nSPS) is 16.1. The lowest BCUT2D eigenvalue weighted by Gasteiger charge is -2.25. The number of hydrogen-bond donors (Lipinski definition) is 0. The molecule has 0 saturated carbocycles. The van der Waals surface area contributed by atoms with Crippen LogP contribution in [-0.4, -0.2) is 29.4 Å². The summed E-state index contributed by atoms with van der Waals surface area (Å²) >= 11 is 0. The number of methoxy groups -OCH3 is 1. The summed E-state index contributed by atoms with van der Waals surface area (Å²) in [4.78, 5) is 19.7. The van der Waals surface area contributed by atoms with Crippen molar-refractivity contribution in [1.29, 1.82) is 0 Å². The summed E-state index contributed by atoms with van der Waals surface area (Å²) in [6.45, 7) is 0.680. The minimum Gasteiger partial charge on any atom is -0.496 e. The molecule has 1 aromatic heterocycles. The summed E-state index contributed by atoms with van der Waals surface area (Å²) < 4.78 is 18.6. The summed E-state index contributed by atoms with van der Waals surface area (Å²) in [6.07, 6.45) is 2.46. The van der Waals surface area contributed by atoms with Gasteiger partial charge in [-0.3, -0.25) is 9.78 Å². The van der Waals surface area contributed by atoms with E-state index in [1.807, 2.05) is 47.4 Å². The molecule has 1 atom stereocenters. The number of nitrogens with zero attached hydrogens (tertiary/aromatic N) is 2. The minimum atomic E-state index is -0.342. The molecule has 1 aliphatic rings. The molecule has 0 unspecified atom stereocenters. The number of benzene rings is 2. The quantitative estimate of drug-likeness (QED) is 0.629. The second-order valence-electron chi connectivity index (χ2n) is 7.21. The van der Waals surface area contributed by atoms with Gasteiger partial charge >= 0.3 is 0 Å². The Kier molecular flexibility index (Phi) is 5.56. The molecule has 0 aliphatic carbocycles. The van der Waals surface area contributed by atoms with Crippen molar-refractivity contribution in [2.45, 2.75) is 25.3 Å². The molecule has 0 N–H and O–H groups in total. The predicted molar refractivity (Wildman–Crippen MR) is 109 cm³/mol. The van der Waals surface area contributed by atoms with E-state index in [-0.39, 0.29) is 17.8 Å². The van der Waals surface area contributed by atoms with Gasteiger partial charge in [-0.15, -0.1) is 0 Å². The number of carbonyl (C=O) groups excluding carboxylic acids is 1. The van der Waals surface area contributed by atoms with Crippen LogP contribution < -0.4 is 4.74 Å². The van der Waals surface area contributed by atoms with Crippen LogP contribution >= 0.6 is 0 Å². The molecule has 0 radical (unpaired) electrons. The maximum Gasteiger partial charge on any atom is 0.254 e. The number of likely N-dealkylation sites (tertiary alicyclic amines) is 1. The second-order valence-corrected chi connectivity index (χ2v) is 7.21. The maximum atomic E-state index is 13.2. The molecular formula is C24H23FN2O2. The first-order valence-electron chi connectivity index (χ1n) is 9.80. The SMILES string of the molecule is COc1ccccc1Cc1cccc([C@H]2CCCN2C(=O)c2ccc(F)cc2)n1. The standard InChI is InChI=1S/C24H23FN2O2/c1-29-23-10-3-2-6-18(23)16-20-7-4-8-21(26-20)22-9-5-15-27(22)24(28)17-11-13-19(25)14-12-17/h2-4,6-8,10-14,22H,5,9,15-16H2,1H3/t22-/m1/s1. The second kappa shape index (κ2) is 8.43. The number of pyridine rings is 1. The summed E-state index contributed by atoms with van der Waals surface area (Å²) in [5, 5.41) is 0. The average molecular weight is 390 g/mol. The van der Waals surface area contributed by atoms with E-state index in [0.29, 0.717) is 18.5 Å². The largest absolute Gasteiger partial charge is 0.496 e. The summed E-state index contributed by atoms with van der Waals surface area (Å²) in [7, 11) is 1.67. The molecule has 1 aliphatic heterocycles. The molecule has 1 amide bonds. The van der Waals surface area contributed by atoms with Crippen LogP contribution in [0.2, 0.25) is 0 Å². The van der Waals surface area contributed by atoms with Gasteiger partial charge in [0.25, 0.3) is 5.91 Å². The van der Waals surface area contributed by atoms with Crippen molar-refractivity contribution in [2.24, 2.45) is 0 Å². The molecule has 0 spiro atoms. The molecule has 5 heteroatoms. The highest BCUT2D eigenvalue weighted by Crippen LogP contribution is 2.32. The van der Waals surface area contributed by atoms with Crippen molar-refractivity contribution in [3.05, 3.63) is 95.1 Å². The van der Waals surface area contributed by atoms with Gasteiger partial charge in [-0.2, -0.15) is 0 Å². The van der Waals surface area contributed by atoms with Gasteiger partial charge in [-0.25, -0.2) is 4.39 Å². The first-order chi connectivity index (χ1) is 14.2. The van der Waals surface area contributed by atoms with Crippen LogP contribution in [-0.2, 0) is 6.42 Å². The van der Waals surface area contributed by atoms with E-state index in [0.717, 1.165) is 35.5 Å². The Morgan fingerprint density at radius 3 is 2.69 bits per heavy atom. The number of amides is 1. The Hall–Kier alpha value is -3.21. The van der Waals surface area contributed by atoms with Gasteiger partial charge in [-0.1, -0.05) is 24.3 Å². The number of para-hydroxylation sites is 1. The molecule has 2 aromatic carbocycles. The molecule has 2 heterocycles. The topological polar surface area (TPSA) is 42.4 Å². The zero-order valence-electron chi connectivity index (χ0n) is 16.3. The zero-order valence-corrected chi connectivity index (χ0v) is 16.3. The van der Waals surface area contributed by atoms with Gasteiger partial charge in [0.15, 0.2) is 0 Å². The van der Waals surface area contributed by atoms with Crippen molar-refractivity contribution in [1.82, 2.24) is 9.88 Å². The number of ether oxygens (including phenoxy) is 1. The van der Waals surface area contributed by atoms with Gasteiger partial charge in [0.05, 0.1) is 18.8 Å². The highest BCUT2D eigenvalue weighted by molar-refractivity contribution is 5.94. The molecule has 3 aromatic rings. The lowest BCUT2D eigenvalue weighted by Crippen LogP contribution is -2.31. The lowest BCUT2D eigenvalue weighted by atomic mass is 10.1. The van der Waals surface area contributed by atoms with Crippen molar-refractivity contribution in [3.8, 4) is 5.75 Å². The monoisotopic (exact) mass is 390 g/mol. The number of aromatic nitrogens is 1. The van der Waals surface area contributed by atoms with Gasteiger partial charge < -0.3 is 9.64 Å². The number of halogens is 1. The average Bonchev–Trinajstić information content (AvgIpc) is 3.24. The number of rotatable bonds is 5. The van der Waals surface area contributed by atoms with Gasteiger partial charge in [-0.05, 0) is 55.3 Å². The fourth-order valence-corrected chi connectivity index (χ4v) is 3.90. The zero-order chi connectivity index (χ0) is 20.2. The smallest absolute Gasteiger partial charge is 0.254 e. The Morgan fingerprint density at radius 1 is 1.10 bits per heavy atom. The van der Waals surface area contributed by atoms with E-state index in [2.05, 4.69) is 0 Å². The Bertz CT molecular complexity index is 1000. The molecule has 29 heavy (non-hydrogen) atoms. The molecule has 1 fully saturated rings. The third-order valence-electron chi connectivity index (χ3n) is 5.34. The minimum absolute atomic E-state index is 0.0647. The predicted octanol–water partition coefficient (Wildman–Crippen LogP) is 4.80. The third kappa shape index (κ3) is 4.14. The van der Waals surface area contributed by atoms with Crippen LogP contribution in [0.15, 0.2) is 66.7 Å². The highest BCUT2D eigenvalue weighted by Gasteiger charge is 2.31. The lowest BCUT2D eigenvalue weighted by molar-refractivity contribution is 0.0732. The van der Waals surface area contributed by atoms with Crippen LogP contribution in [0, 0.1) is 5.82 Å². The molecule has 4 rings (SSSR count). The Labute approximate surface area is 170 Å². The molecule has 148 valence electrons. The molecule has 0 bridgehead atoms. The highest BCUT2D eigenvalue weighted by atomic mass is 19.1. The van der Waals surface area contributed by atoms with E-state index in [9.17, 15) is 9.18 Å². The Morgan fingerprint density at radius 2 is 1.90 bits per heavy atom. The van der Waals surface area contributed by atoms with Crippen LogP contribution in [0.3, 0.4) is 0 Å². The summed E-state index contributed by atoms with van der Waals surface area (Å²) in [5.74, 6) is 0.420. The van der Waals surface area contributed by atoms with Gasteiger partial charge in [0, 0.05) is 29.8 Å². The first-order valence-corrected chi connectivity index (χ1v) is 9.80. The van der Waals surface area contributed by atoms with E-state index in [1.165, 1.54) is 12.1 Å². The van der Waals surface area contributed by atoms with Crippen LogP contribution in [0.5, 0.6) is 5.75 Å². The first kappa shape index (κ1) is 19.1. The number of hydrogen-bond acceptors (Lipinski definition) is 3. The van der Waals surface area contributed by atoms with Crippen molar-refractivity contribution in [2.75, 3.05) is 13.7 Å². The van der Waals surface area contributed by atoms with Gasteiger partial charge in [0.1, 0.15) is 11.6 Å². The van der Waals surface area contributed by atoms with Crippen LogP contribution in [0.25, 0.3) is 0 Å². The fourth-order valence-electron chi connectivity index (χ4n) is 3.90. The molecule has 4 nitrogen and oxygen atoms in total. The van der Waals surface area contributed by atoms with Crippen molar-refractivity contribution >= 4 is 5.91 Å². The van der Waals surface area contributed by atoms with Gasteiger partial charge in [0.2, 0.25) is 0 Å². The van der Waals surface area contributed by atoms with Crippen LogP contribution in [0.1, 0.15) is 46.2 Å². The van der Waals surface area contributed by atoms with Crippen molar-refractivity contribution in [3.63, 3.8) is 0 Å². The molecular weight excluding hydrogens is 367 g/mol. The van der Waals surface area contributed by atoms with E-state index in [1.54, 1.807) is 19.2 Å². The number of carbonyl (C=O) groups is 1. The summed E-state index contributed by atoms with van der Waals surface area (Å²) in [6, 6.07) is 19.5. The van der Waals surface area contributed by atoms with E-state index in [4.69, 9.17) is 9.72 Å². The molecule has 1 saturated heterocycles. The van der Waals surface area contributed by atoms with E-state index >= 15 is 0 Å². The third-order valence-corrected chi connectivity index (χ3v) is 5.34. The van der Waals surface area contributed by atoms with Crippen molar-refractivity contribution < 1.29 is 13.9 Å².